The Hall–Kier alpha value is -3.35. The van der Waals surface area contributed by atoms with E-state index in [0.717, 1.165) is 5.56 Å². The fraction of sp³-hybridized carbons (Fsp3) is 0.318. The molecule has 0 spiro atoms. The number of ether oxygens (including phenoxy) is 1. The van der Waals surface area contributed by atoms with Crippen molar-refractivity contribution >= 4 is 17.7 Å². The second-order valence-corrected chi connectivity index (χ2v) is 6.92. The normalized spacial score (nSPS) is 13.7. The molecule has 0 unspecified atom stereocenters. The molecule has 0 radical (unpaired) electrons. The Balaban J connectivity index is 1.54. The average Bonchev–Trinajstić information content (AvgIpc) is 2.77. The van der Waals surface area contributed by atoms with Crippen molar-refractivity contribution in [2.75, 3.05) is 33.3 Å². The van der Waals surface area contributed by atoms with Crippen LogP contribution in [-0.4, -0.2) is 60.8 Å². The van der Waals surface area contributed by atoms with Crippen molar-refractivity contribution in [3.8, 4) is 5.75 Å². The maximum atomic E-state index is 12.7. The SMILES string of the molecule is COc1ccc(C(=O)N2CCN(C(=O)c3ccc(CNC(C)=O)cc3)CC2)cc1. The highest BCUT2D eigenvalue weighted by Gasteiger charge is 2.25. The molecule has 1 N–H and O–H groups in total. The van der Waals surface area contributed by atoms with Crippen molar-refractivity contribution in [1.82, 2.24) is 15.1 Å². The second kappa shape index (κ2) is 9.23. The van der Waals surface area contributed by atoms with Crippen LogP contribution in [0.2, 0.25) is 0 Å². The van der Waals surface area contributed by atoms with Gasteiger partial charge in [0, 0.05) is 50.8 Å². The van der Waals surface area contributed by atoms with Crippen LogP contribution in [0.4, 0.5) is 0 Å². The summed E-state index contributed by atoms with van der Waals surface area (Å²) >= 11 is 0. The Labute approximate surface area is 170 Å². The summed E-state index contributed by atoms with van der Waals surface area (Å²) in [5.41, 5.74) is 2.15. The minimum atomic E-state index is -0.0905. The lowest BCUT2D eigenvalue weighted by Gasteiger charge is -2.35. The van der Waals surface area contributed by atoms with Crippen molar-refractivity contribution in [2.45, 2.75) is 13.5 Å². The van der Waals surface area contributed by atoms with Crippen LogP contribution in [0.3, 0.4) is 0 Å². The lowest BCUT2D eigenvalue weighted by Crippen LogP contribution is -2.50. The minimum Gasteiger partial charge on any atom is -0.497 e. The highest BCUT2D eigenvalue weighted by atomic mass is 16.5. The summed E-state index contributed by atoms with van der Waals surface area (Å²) in [6.45, 7) is 3.89. The van der Waals surface area contributed by atoms with Crippen LogP contribution >= 0.6 is 0 Å². The predicted molar refractivity (Wildman–Crippen MR) is 109 cm³/mol. The number of rotatable bonds is 5. The van der Waals surface area contributed by atoms with E-state index in [1.807, 2.05) is 12.1 Å². The fourth-order valence-corrected chi connectivity index (χ4v) is 3.20. The molecule has 1 aliphatic heterocycles. The smallest absolute Gasteiger partial charge is 0.253 e. The lowest BCUT2D eigenvalue weighted by molar-refractivity contribution is -0.119. The van der Waals surface area contributed by atoms with E-state index in [0.29, 0.717) is 49.6 Å². The van der Waals surface area contributed by atoms with E-state index in [2.05, 4.69) is 5.32 Å². The largest absolute Gasteiger partial charge is 0.497 e. The molecule has 1 aliphatic rings. The standard InChI is InChI=1S/C22H25N3O4/c1-16(26)23-15-17-3-5-18(6-4-17)21(27)24-11-13-25(14-12-24)22(28)19-7-9-20(29-2)10-8-19/h3-10H,11-15H2,1-2H3,(H,23,26). The zero-order valence-corrected chi connectivity index (χ0v) is 16.7. The Bertz CT molecular complexity index is 870. The topological polar surface area (TPSA) is 79.0 Å². The van der Waals surface area contributed by atoms with E-state index in [-0.39, 0.29) is 17.7 Å². The van der Waals surface area contributed by atoms with Crippen LogP contribution in [0.15, 0.2) is 48.5 Å². The number of piperazine rings is 1. The number of hydrogen-bond donors (Lipinski definition) is 1. The zero-order chi connectivity index (χ0) is 20.8. The Kier molecular flexibility index (Phi) is 6.49. The van der Waals surface area contributed by atoms with Crippen LogP contribution in [0.25, 0.3) is 0 Å². The molecule has 152 valence electrons. The van der Waals surface area contributed by atoms with Crippen LogP contribution in [0.1, 0.15) is 33.2 Å². The van der Waals surface area contributed by atoms with Gasteiger partial charge in [0.2, 0.25) is 5.91 Å². The van der Waals surface area contributed by atoms with E-state index in [9.17, 15) is 14.4 Å². The van der Waals surface area contributed by atoms with E-state index in [1.165, 1.54) is 6.92 Å². The molecule has 7 nitrogen and oxygen atoms in total. The van der Waals surface area contributed by atoms with E-state index in [4.69, 9.17) is 4.74 Å². The molecule has 1 saturated heterocycles. The number of carbonyl (C=O) groups is 3. The third-order valence-electron chi connectivity index (χ3n) is 4.93. The summed E-state index contributed by atoms with van der Waals surface area (Å²) in [4.78, 5) is 39.9. The van der Waals surface area contributed by atoms with Gasteiger partial charge < -0.3 is 19.9 Å². The molecule has 3 amide bonds. The minimum absolute atomic E-state index is 0.0397. The maximum Gasteiger partial charge on any atom is 0.253 e. The number of nitrogens with zero attached hydrogens (tertiary/aromatic N) is 2. The molecule has 1 fully saturated rings. The zero-order valence-electron chi connectivity index (χ0n) is 16.7. The van der Waals surface area contributed by atoms with Crippen LogP contribution in [-0.2, 0) is 11.3 Å². The number of carbonyl (C=O) groups excluding carboxylic acids is 3. The van der Waals surface area contributed by atoms with Gasteiger partial charge in [0.25, 0.3) is 11.8 Å². The molecule has 29 heavy (non-hydrogen) atoms. The number of benzene rings is 2. The number of methoxy groups -OCH3 is 1. The van der Waals surface area contributed by atoms with Crippen LogP contribution in [0, 0.1) is 0 Å². The Morgan fingerprint density at radius 1 is 0.828 bits per heavy atom. The van der Waals surface area contributed by atoms with Gasteiger partial charge in [-0.2, -0.15) is 0 Å². The van der Waals surface area contributed by atoms with E-state index >= 15 is 0 Å². The molecule has 2 aromatic carbocycles. The molecule has 0 bridgehead atoms. The molecular formula is C22H25N3O4. The first kappa shape index (κ1) is 20.4. The fourth-order valence-electron chi connectivity index (χ4n) is 3.20. The second-order valence-electron chi connectivity index (χ2n) is 6.92. The average molecular weight is 395 g/mol. The van der Waals surface area contributed by atoms with Crippen molar-refractivity contribution in [1.29, 1.82) is 0 Å². The summed E-state index contributed by atoms with van der Waals surface area (Å²) in [7, 11) is 1.59. The number of hydrogen-bond acceptors (Lipinski definition) is 4. The van der Waals surface area contributed by atoms with Crippen molar-refractivity contribution in [2.24, 2.45) is 0 Å². The maximum absolute atomic E-state index is 12.7. The summed E-state index contributed by atoms with van der Waals surface area (Å²) in [6, 6.07) is 14.3. The molecule has 0 saturated carbocycles. The summed E-state index contributed by atoms with van der Waals surface area (Å²) in [5.74, 6) is 0.530. The van der Waals surface area contributed by atoms with Crippen molar-refractivity contribution < 1.29 is 19.1 Å². The molecular weight excluding hydrogens is 370 g/mol. The van der Waals surface area contributed by atoms with Crippen molar-refractivity contribution in [3.63, 3.8) is 0 Å². The molecule has 0 aromatic heterocycles. The third kappa shape index (κ3) is 5.13. The first-order valence-corrected chi connectivity index (χ1v) is 9.54. The van der Waals surface area contributed by atoms with E-state index < -0.39 is 0 Å². The van der Waals surface area contributed by atoms with Gasteiger partial charge in [-0.3, -0.25) is 14.4 Å². The molecule has 7 heteroatoms. The third-order valence-corrected chi connectivity index (χ3v) is 4.93. The Morgan fingerprint density at radius 2 is 1.28 bits per heavy atom. The van der Waals surface area contributed by atoms with Gasteiger partial charge in [-0.1, -0.05) is 12.1 Å². The summed E-state index contributed by atoms with van der Waals surface area (Å²) < 4.78 is 5.12. The van der Waals surface area contributed by atoms with Gasteiger partial charge >= 0.3 is 0 Å². The van der Waals surface area contributed by atoms with Gasteiger partial charge in [0.15, 0.2) is 0 Å². The Morgan fingerprint density at radius 3 is 1.69 bits per heavy atom. The van der Waals surface area contributed by atoms with Crippen LogP contribution in [0.5, 0.6) is 5.75 Å². The van der Waals surface area contributed by atoms with Crippen molar-refractivity contribution in [3.05, 3.63) is 65.2 Å². The molecule has 1 heterocycles. The van der Waals surface area contributed by atoms with Gasteiger partial charge in [-0.05, 0) is 42.0 Å². The highest BCUT2D eigenvalue weighted by Crippen LogP contribution is 2.15. The monoisotopic (exact) mass is 395 g/mol. The van der Waals surface area contributed by atoms with Gasteiger partial charge in [0.1, 0.15) is 5.75 Å². The van der Waals surface area contributed by atoms with Gasteiger partial charge in [0.05, 0.1) is 7.11 Å². The summed E-state index contributed by atoms with van der Waals surface area (Å²) in [5, 5.41) is 2.73. The quantitative estimate of drug-likeness (QED) is 0.839. The predicted octanol–water partition coefficient (Wildman–Crippen LogP) is 1.93. The molecule has 2 aromatic rings. The van der Waals surface area contributed by atoms with Crippen LogP contribution < -0.4 is 10.1 Å². The lowest BCUT2D eigenvalue weighted by atomic mass is 10.1. The van der Waals surface area contributed by atoms with E-state index in [1.54, 1.807) is 53.3 Å². The molecule has 0 aliphatic carbocycles. The highest BCUT2D eigenvalue weighted by molar-refractivity contribution is 5.96. The van der Waals surface area contributed by atoms with Gasteiger partial charge in [-0.25, -0.2) is 0 Å². The first-order chi connectivity index (χ1) is 14.0. The summed E-state index contributed by atoms with van der Waals surface area (Å²) in [6.07, 6.45) is 0. The first-order valence-electron chi connectivity index (χ1n) is 9.54. The van der Waals surface area contributed by atoms with Gasteiger partial charge in [-0.15, -0.1) is 0 Å². The molecule has 0 atom stereocenters. The number of amides is 3. The number of nitrogens with one attached hydrogen (secondary N) is 1. The molecule has 3 rings (SSSR count).